The Balaban J connectivity index is 1.24. The smallest absolute Gasteiger partial charge is 0.268 e. The number of fused-ring (bicyclic) bond motifs is 3. The van der Waals surface area contributed by atoms with Gasteiger partial charge < -0.3 is 20.1 Å². The monoisotopic (exact) mass is 633 g/mol. The third kappa shape index (κ3) is 5.75. The fourth-order valence-electron chi connectivity index (χ4n) is 5.68. The Morgan fingerprint density at radius 2 is 1.71 bits per heavy atom. The number of nitrogens with zero attached hydrogens (tertiary/aromatic N) is 3. The van der Waals surface area contributed by atoms with Crippen molar-refractivity contribution in [2.24, 2.45) is 5.41 Å². The zero-order valence-electron chi connectivity index (χ0n) is 23.7. The normalized spacial score (nSPS) is 19.5. The van der Waals surface area contributed by atoms with Crippen molar-refractivity contribution in [3.8, 4) is 0 Å². The molecule has 2 saturated heterocycles. The van der Waals surface area contributed by atoms with Crippen LogP contribution in [0, 0.1) is 5.41 Å². The van der Waals surface area contributed by atoms with E-state index in [0.29, 0.717) is 23.7 Å². The van der Waals surface area contributed by atoms with Crippen molar-refractivity contribution in [3.63, 3.8) is 0 Å². The van der Waals surface area contributed by atoms with Crippen LogP contribution in [0.4, 0.5) is 0 Å². The summed E-state index contributed by atoms with van der Waals surface area (Å²) in [5.41, 5.74) is 0.630. The van der Waals surface area contributed by atoms with Crippen molar-refractivity contribution in [2.75, 3.05) is 26.7 Å². The molecule has 0 unspecified atom stereocenters. The van der Waals surface area contributed by atoms with Crippen LogP contribution in [-0.4, -0.2) is 90.0 Å². The highest BCUT2D eigenvalue weighted by Gasteiger charge is 2.50. The van der Waals surface area contributed by atoms with Crippen LogP contribution in [0.25, 0.3) is 10.9 Å². The Morgan fingerprint density at radius 1 is 1.05 bits per heavy atom. The topological polar surface area (TPSA) is 123 Å². The van der Waals surface area contributed by atoms with Gasteiger partial charge in [0, 0.05) is 36.1 Å². The molecule has 0 aliphatic carbocycles. The Hall–Kier alpha value is -3.12. The number of hydrogen-bond acceptors (Lipinski definition) is 5. The molecule has 2 bridgehead atoms. The SMILES string of the molecule is CN(CC(=O)N1C[C@@H]2C[C@H]1CN2C(=O)[C@@H](NC(=O)c1cc2ccccc2[nH]1)C(C)(C)C)S(=O)(=O)c1ccc(Cl)cc1Cl. The Labute approximate surface area is 255 Å². The van der Waals surface area contributed by atoms with E-state index in [1.54, 1.807) is 15.9 Å². The van der Waals surface area contributed by atoms with Crippen molar-refractivity contribution in [3.05, 3.63) is 64.3 Å². The molecule has 3 aromatic rings. The molecular weight excluding hydrogens is 601 g/mol. The van der Waals surface area contributed by atoms with E-state index in [1.807, 2.05) is 45.0 Å². The largest absolute Gasteiger partial charge is 0.351 e. The van der Waals surface area contributed by atoms with Gasteiger partial charge in [0.05, 0.1) is 23.7 Å². The maximum absolute atomic E-state index is 13.8. The second kappa shape index (κ2) is 11.2. The lowest BCUT2D eigenvalue weighted by atomic mass is 9.85. The predicted octanol–water partition coefficient (Wildman–Crippen LogP) is 3.75. The number of halogens is 2. The predicted molar refractivity (Wildman–Crippen MR) is 161 cm³/mol. The molecule has 0 spiro atoms. The molecule has 2 N–H and O–H groups in total. The molecular formula is C29H33Cl2N5O5S. The fraction of sp³-hybridized carbons (Fsp3) is 0.414. The van der Waals surface area contributed by atoms with E-state index in [2.05, 4.69) is 10.3 Å². The van der Waals surface area contributed by atoms with E-state index in [1.165, 1.54) is 25.2 Å². The lowest BCUT2D eigenvalue weighted by Gasteiger charge is -2.39. The van der Waals surface area contributed by atoms with Crippen LogP contribution < -0.4 is 5.32 Å². The second-order valence-electron chi connectivity index (χ2n) is 12.0. The summed E-state index contributed by atoms with van der Waals surface area (Å²) in [6, 6.07) is 12.1. The Morgan fingerprint density at radius 3 is 2.33 bits per heavy atom. The van der Waals surface area contributed by atoms with Crippen LogP contribution in [0.1, 0.15) is 37.7 Å². The number of H-pyrrole nitrogens is 1. The first-order valence-corrected chi connectivity index (χ1v) is 15.8. The van der Waals surface area contributed by atoms with Crippen molar-refractivity contribution < 1.29 is 22.8 Å². The molecule has 3 heterocycles. The highest BCUT2D eigenvalue weighted by atomic mass is 35.5. The molecule has 3 amide bonds. The van der Waals surface area contributed by atoms with Crippen LogP contribution in [-0.2, 0) is 19.6 Å². The van der Waals surface area contributed by atoms with Crippen LogP contribution in [0.3, 0.4) is 0 Å². The number of likely N-dealkylation sites (N-methyl/N-ethyl adjacent to an activating group) is 1. The summed E-state index contributed by atoms with van der Waals surface area (Å²) in [6.45, 7) is 5.92. The first kappa shape index (κ1) is 30.3. The summed E-state index contributed by atoms with van der Waals surface area (Å²) >= 11 is 12.0. The number of rotatable bonds is 7. The summed E-state index contributed by atoms with van der Waals surface area (Å²) < 4.78 is 27.1. The minimum absolute atomic E-state index is 0.0267. The molecule has 2 aliphatic heterocycles. The van der Waals surface area contributed by atoms with Gasteiger partial charge in [-0.1, -0.05) is 62.2 Å². The minimum atomic E-state index is -4.03. The lowest BCUT2D eigenvalue weighted by Crippen LogP contribution is -2.59. The number of carbonyl (C=O) groups excluding carboxylic acids is 3. The highest BCUT2D eigenvalue weighted by Crippen LogP contribution is 2.34. The Kier molecular flexibility index (Phi) is 8.08. The number of hydrogen-bond donors (Lipinski definition) is 2. The standard InChI is InChI=1S/C29H33Cl2N5O5S/c1-29(2,3)26(33-27(38)23-11-17-7-5-6-8-22(17)32-23)28(39)36-15-19-13-20(36)14-35(19)25(37)16-34(4)42(40,41)24-10-9-18(30)12-21(24)31/h5-12,19-20,26,32H,13-16H2,1-4H3,(H,33,38)/t19-,20-,26+/m0/s1. The van der Waals surface area contributed by atoms with E-state index >= 15 is 0 Å². The molecule has 42 heavy (non-hydrogen) atoms. The lowest BCUT2D eigenvalue weighted by molar-refractivity contribution is -0.142. The van der Waals surface area contributed by atoms with Gasteiger partial charge in [-0.3, -0.25) is 14.4 Å². The highest BCUT2D eigenvalue weighted by molar-refractivity contribution is 7.89. The van der Waals surface area contributed by atoms with Gasteiger partial charge >= 0.3 is 0 Å². The number of carbonyl (C=O) groups is 3. The average Bonchev–Trinajstić information content (AvgIpc) is 3.64. The number of benzene rings is 2. The minimum Gasteiger partial charge on any atom is -0.351 e. The molecule has 224 valence electrons. The molecule has 0 saturated carbocycles. The van der Waals surface area contributed by atoms with E-state index in [9.17, 15) is 22.8 Å². The van der Waals surface area contributed by atoms with Crippen molar-refractivity contribution in [2.45, 2.75) is 50.2 Å². The molecule has 10 nitrogen and oxygen atoms in total. The quantitative estimate of drug-likeness (QED) is 0.410. The van der Waals surface area contributed by atoms with Crippen molar-refractivity contribution >= 4 is 61.8 Å². The van der Waals surface area contributed by atoms with E-state index in [0.717, 1.165) is 15.2 Å². The Bertz CT molecular complexity index is 1630. The zero-order valence-corrected chi connectivity index (χ0v) is 26.1. The average molecular weight is 635 g/mol. The molecule has 3 atom stereocenters. The zero-order chi connectivity index (χ0) is 30.6. The van der Waals surface area contributed by atoms with Crippen LogP contribution >= 0.6 is 23.2 Å². The van der Waals surface area contributed by atoms with Crippen LogP contribution in [0.5, 0.6) is 0 Å². The summed E-state index contributed by atoms with van der Waals surface area (Å²) in [5.74, 6) is -0.931. The summed E-state index contributed by atoms with van der Waals surface area (Å²) in [7, 11) is -2.71. The van der Waals surface area contributed by atoms with Crippen molar-refractivity contribution in [1.82, 2.24) is 24.4 Å². The molecule has 13 heteroatoms. The molecule has 2 aliphatic rings. The number of sulfonamides is 1. The molecule has 2 fully saturated rings. The van der Waals surface area contributed by atoms with Crippen molar-refractivity contribution in [1.29, 1.82) is 0 Å². The number of amides is 3. The maximum atomic E-state index is 13.8. The second-order valence-corrected chi connectivity index (χ2v) is 14.8. The van der Waals surface area contributed by atoms with Gasteiger partial charge in [0.1, 0.15) is 16.6 Å². The van der Waals surface area contributed by atoms with Crippen LogP contribution in [0.2, 0.25) is 10.0 Å². The van der Waals surface area contributed by atoms with Crippen LogP contribution in [0.15, 0.2) is 53.4 Å². The van der Waals surface area contributed by atoms with E-state index in [-0.39, 0.29) is 52.8 Å². The number of aromatic amines is 1. The number of nitrogens with one attached hydrogen (secondary N) is 2. The summed E-state index contributed by atoms with van der Waals surface area (Å²) in [6.07, 6.45) is 0.587. The van der Waals surface area contributed by atoms with Gasteiger partial charge in [-0.15, -0.1) is 0 Å². The summed E-state index contributed by atoms with van der Waals surface area (Å²) in [4.78, 5) is 46.6. The van der Waals surface area contributed by atoms with Gasteiger partial charge in [0.25, 0.3) is 5.91 Å². The molecule has 2 aromatic carbocycles. The first-order valence-electron chi connectivity index (χ1n) is 13.6. The molecule has 1 aromatic heterocycles. The number of piperazine rings is 1. The summed E-state index contributed by atoms with van der Waals surface area (Å²) in [5, 5.41) is 4.11. The van der Waals surface area contributed by atoms with E-state index in [4.69, 9.17) is 23.2 Å². The maximum Gasteiger partial charge on any atom is 0.268 e. The van der Waals surface area contributed by atoms with Gasteiger partial charge in [-0.05, 0) is 42.2 Å². The fourth-order valence-corrected chi connectivity index (χ4v) is 7.54. The van der Waals surface area contributed by atoms with Gasteiger partial charge in [0.15, 0.2) is 0 Å². The van der Waals surface area contributed by atoms with Gasteiger partial charge in [-0.2, -0.15) is 4.31 Å². The number of para-hydroxylation sites is 1. The third-order valence-electron chi connectivity index (χ3n) is 7.95. The van der Waals surface area contributed by atoms with Gasteiger partial charge in [0.2, 0.25) is 21.8 Å². The van der Waals surface area contributed by atoms with E-state index < -0.39 is 21.5 Å². The van der Waals surface area contributed by atoms with Gasteiger partial charge in [-0.25, -0.2) is 8.42 Å². The molecule has 0 radical (unpaired) electrons. The number of aromatic nitrogens is 1. The number of likely N-dealkylation sites (tertiary alicyclic amines) is 2. The first-order chi connectivity index (χ1) is 19.7. The third-order valence-corrected chi connectivity index (χ3v) is 10.5. The molecule has 5 rings (SSSR count).